The second kappa shape index (κ2) is 8.18. The van der Waals surface area contributed by atoms with Crippen molar-refractivity contribution in [2.45, 2.75) is 13.0 Å². The molecule has 1 aromatic carbocycles. The van der Waals surface area contributed by atoms with E-state index in [1.807, 2.05) is 47.4 Å². The third-order valence-electron chi connectivity index (χ3n) is 5.01. The number of aliphatic carboxylic acids is 1. The van der Waals surface area contributed by atoms with E-state index in [2.05, 4.69) is 4.98 Å². The van der Waals surface area contributed by atoms with Gasteiger partial charge in [0.25, 0.3) is 5.56 Å². The summed E-state index contributed by atoms with van der Waals surface area (Å²) in [6.07, 6.45) is 3.90. The molecule has 3 heterocycles. The fourth-order valence-electron chi connectivity index (χ4n) is 3.38. The molecule has 1 fully saturated rings. The summed E-state index contributed by atoms with van der Waals surface area (Å²) in [5, 5.41) is 9.13. The molecule has 1 aliphatic heterocycles. The van der Waals surface area contributed by atoms with Crippen LogP contribution in [0.25, 0.3) is 5.69 Å². The fourth-order valence-corrected chi connectivity index (χ4v) is 3.38. The zero-order valence-corrected chi connectivity index (χ0v) is 15.8. The number of anilines is 1. The van der Waals surface area contributed by atoms with Gasteiger partial charge >= 0.3 is 5.97 Å². The third kappa shape index (κ3) is 4.29. The smallest absolute Gasteiger partial charge is 0.308 e. The van der Waals surface area contributed by atoms with Gasteiger partial charge in [-0.2, -0.15) is 0 Å². The molecule has 148 valence electrons. The maximum absolute atomic E-state index is 12.5. The van der Waals surface area contributed by atoms with E-state index in [-0.39, 0.29) is 11.5 Å². The van der Waals surface area contributed by atoms with Gasteiger partial charge in [-0.3, -0.25) is 14.2 Å². The van der Waals surface area contributed by atoms with Gasteiger partial charge in [-0.1, -0.05) is 30.3 Å². The van der Waals surface area contributed by atoms with Crippen LogP contribution in [0.2, 0.25) is 0 Å². The van der Waals surface area contributed by atoms with Crippen LogP contribution in [-0.2, 0) is 11.4 Å². The van der Waals surface area contributed by atoms with Gasteiger partial charge < -0.3 is 14.7 Å². The maximum atomic E-state index is 12.5. The van der Waals surface area contributed by atoms with Crippen molar-refractivity contribution in [2.75, 3.05) is 18.0 Å². The van der Waals surface area contributed by atoms with Gasteiger partial charge in [0.05, 0.1) is 17.8 Å². The Morgan fingerprint density at radius 2 is 2.00 bits per heavy atom. The summed E-state index contributed by atoms with van der Waals surface area (Å²) >= 11 is 0. The molecule has 1 atom stereocenters. The van der Waals surface area contributed by atoms with Crippen LogP contribution < -0.4 is 15.2 Å². The first-order valence-electron chi connectivity index (χ1n) is 9.44. The molecule has 0 radical (unpaired) electrons. The number of aromatic nitrogens is 2. The van der Waals surface area contributed by atoms with Gasteiger partial charge in [-0.15, -0.1) is 0 Å². The van der Waals surface area contributed by atoms with Crippen LogP contribution >= 0.6 is 0 Å². The molecule has 3 aromatic rings. The molecule has 2 aromatic heterocycles. The molecule has 7 nitrogen and oxygen atoms in total. The lowest BCUT2D eigenvalue weighted by atomic mass is 10.1. The molecule has 0 amide bonds. The topological polar surface area (TPSA) is 84.7 Å². The van der Waals surface area contributed by atoms with Gasteiger partial charge in [0.2, 0.25) is 0 Å². The highest BCUT2D eigenvalue weighted by molar-refractivity contribution is 5.71. The number of carbonyl (C=O) groups is 1. The first kappa shape index (κ1) is 18.7. The summed E-state index contributed by atoms with van der Waals surface area (Å²) in [4.78, 5) is 30.0. The monoisotopic (exact) mass is 391 g/mol. The summed E-state index contributed by atoms with van der Waals surface area (Å²) in [5.74, 6) is 0.0950. The second-order valence-electron chi connectivity index (χ2n) is 6.99. The number of benzene rings is 1. The van der Waals surface area contributed by atoms with E-state index in [9.17, 15) is 9.59 Å². The lowest BCUT2D eigenvalue weighted by Gasteiger charge is -2.17. The molecule has 1 unspecified atom stereocenters. The molecule has 0 saturated carbocycles. The zero-order chi connectivity index (χ0) is 20.2. The van der Waals surface area contributed by atoms with Crippen molar-refractivity contribution in [1.29, 1.82) is 0 Å². The maximum Gasteiger partial charge on any atom is 0.308 e. The summed E-state index contributed by atoms with van der Waals surface area (Å²) in [5.41, 5.74) is 1.46. The third-order valence-corrected chi connectivity index (χ3v) is 5.01. The van der Waals surface area contributed by atoms with E-state index in [1.54, 1.807) is 18.5 Å². The van der Waals surface area contributed by atoms with Crippen molar-refractivity contribution in [2.24, 2.45) is 5.92 Å². The first-order chi connectivity index (χ1) is 14.1. The van der Waals surface area contributed by atoms with E-state index >= 15 is 0 Å². The highest BCUT2D eigenvalue weighted by Crippen LogP contribution is 2.23. The number of ether oxygens (including phenoxy) is 1. The van der Waals surface area contributed by atoms with Crippen molar-refractivity contribution in [3.8, 4) is 11.4 Å². The van der Waals surface area contributed by atoms with E-state index in [4.69, 9.17) is 9.84 Å². The highest BCUT2D eigenvalue weighted by Gasteiger charge is 2.28. The van der Waals surface area contributed by atoms with Crippen molar-refractivity contribution in [1.82, 2.24) is 9.55 Å². The molecule has 1 saturated heterocycles. The molecule has 1 N–H and O–H groups in total. The Kier molecular flexibility index (Phi) is 5.29. The van der Waals surface area contributed by atoms with E-state index in [1.165, 1.54) is 10.6 Å². The molecule has 1 aliphatic rings. The largest absolute Gasteiger partial charge is 0.489 e. The first-order valence-corrected chi connectivity index (χ1v) is 9.44. The predicted molar refractivity (Wildman–Crippen MR) is 109 cm³/mol. The van der Waals surface area contributed by atoms with Gasteiger partial charge in [-0.25, -0.2) is 4.98 Å². The molecule has 0 spiro atoms. The van der Waals surface area contributed by atoms with Crippen LogP contribution in [0.1, 0.15) is 12.0 Å². The molecule has 0 aliphatic carbocycles. The minimum absolute atomic E-state index is 0.211. The molecule has 0 bridgehead atoms. The van der Waals surface area contributed by atoms with Gasteiger partial charge in [0, 0.05) is 25.4 Å². The highest BCUT2D eigenvalue weighted by atomic mass is 16.5. The Balaban J connectivity index is 1.44. The summed E-state index contributed by atoms with van der Waals surface area (Å²) in [6.45, 7) is 1.51. The predicted octanol–water partition coefficient (Wildman–Crippen LogP) is 2.72. The lowest BCUT2D eigenvalue weighted by Crippen LogP contribution is -2.23. The van der Waals surface area contributed by atoms with Crippen LogP contribution in [0.5, 0.6) is 5.75 Å². The SMILES string of the molecule is O=C(O)C1CCN(c2ccc(-n3ccc(OCc4ccccc4)cc3=O)cn2)C1. The molecule has 29 heavy (non-hydrogen) atoms. The molecule has 7 heteroatoms. The van der Waals surface area contributed by atoms with Crippen molar-refractivity contribution < 1.29 is 14.6 Å². The number of hydrogen-bond donors (Lipinski definition) is 1. The van der Waals surface area contributed by atoms with Gasteiger partial charge in [0.15, 0.2) is 0 Å². The molecular formula is C22H21N3O4. The summed E-state index contributed by atoms with van der Waals surface area (Å²) < 4.78 is 7.19. The van der Waals surface area contributed by atoms with Crippen LogP contribution in [0.4, 0.5) is 5.82 Å². The number of carboxylic acid groups (broad SMARTS) is 1. The number of carboxylic acids is 1. The number of pyridine rings is 2. The number of rotatable bonds is 6. The quantitative estimate of drug-likeness (QED) is 0.696. The Morgan fingerprint density at radius 1 is 1.17 bits per heavy atom. The lowest BCUT2D eigenvalue weighted by molar-refractivity contribution is -0.140. The minimum Gasteiger partial charge on any atom is -0.489 e. The summed E-state index contributed by atoms with van der Waals surface area (Å²) in [7, 11) is 0. The Bertz CT molecular complexity index is 1050. The zero-order valence-electron chi connectivity index (χ0n) is 15.8. The number of hydrogen-bond acceptors (Lipinski definition) is 5. The van der Waals surface area contributed by atoms with Crippen LogP contribution in [0.3, 0.4) is 0 Å². The Morgan fingerprint density at radius 3 is 2.66 bits per heavy atom. The van der Waals surface area contributed by atoms with Crippen LogP contribution in [0, 0.1) is 5.92 Å². The van der Waals surface area contributed by atoms with Crippen LogP contribution in [0.15, 0.2) is 71.8 Å². The second-order valence-corrected chi connectivity index (χ2v) is 6.99. The van der Waals surface area contributed by atoms with Crippen molar-refractivity contribution in [3.05, 3.63) is 82.9 Å². The normalized spacial score (nSPS) is 16.0. The number of nitrogens with zero attached hydrogens (tertiary/aromatic N) is 3. The Hall–Kier alpha value is -3.61. The molecule has 4 rings (SSSR count). The van der Waals surface area contributed by atoms with E-state index < -0.39 is 5.97 Å². The van der Waals surface area contributed by atoms with E-state index in [0.717, 1.165) is 5.56 Å². The van der Waals surface area contributed by atoms with Crippen LogP contribution in [-0.4, -0.2) is 33.7 Å². The Labute approximate surface area is 167 Å². The average Bonchev–Trinajstić information content (AvgIpc) is 3.24. The summed E-state index contributed by atoms with van der Waals surface area (Å²) in [6, 6.07) is 16.6. The van der Waals surface area contributed by atoms with Gasteiger partial charge in [-0.05, 0) is 30.2 Å². The van der Waals surface area contributed by atoms with E-state index in [0.29, 0.717) is 43.4 Å². The van der Waals surface area contributed by atoms with Crippen molar-refractivity contribution in [3.63, 3.8) is 0 Å². The molecular weight excluding hydrogens is 370 g/mol. The minimum atomic E-state index is -0.773. The van der Waals surface area contributed by atoms with Gasteiger partial charge in [0.1, 0.15) is 18.2 Å². The van der Waals surface area contributed by atoms with Crippen molar-refractivity contribution >= 4 is 11.8 Å². The standard InChI is InChI=1S/C22H21N3O4/c26-21-12-19(29-15-16-4-2-1-3-5-16)9-11-25(21)18-6-7-20(23-13-18)24-10-8-17(14-24)22(27)28/h1-7,9,11-13,17H,8,10,14-15H2,(H,27,28). The fraction of sp³-hybridized carbons (Fsp3) is 0.227. The average molecular weight is 391 g/mol.